The van der Waals surface area contributed by atoms with Crippen LogP contribution in [0, 0.1) is 17.8 Å². The molecule has 0 heterocycles. The molecule has 1 rings (SSSR count). The van der Waals surface area contributed by atoms with E-state index in [4.69, 9.17) is 4.74 Å². The van der Waals surface area contributed by atoms with Gasteiger partial charge in [-0.15, -0.1) is 0 Å². The van der Waals surface area contributed by atoms with E-state index in [9.17, 15) is 9.59 Å². The van der Waals surface area contributed by atoms with Gasteiger partial charge in [0.25, 0.3) is 0 Å². The maximum absolute atomic E-state index is 12.4. The van der Waals surface area contributed by atoms with E-state index >= 15 is 0 Å². The summed E-state index contributed by atoms with van der Waals surface area (Å²) >= 11 is 0. The minimum Gasteiger partial charge on any atom is -0.469 e. The fourth-order valence-corrected chi connectivity index (χ4v) is 2.43. The average molecular weight is 269 g/mol. The largest absolute Gasteiger partial charge is 0.469 e. The Labute approximate surface area is 116 Å². The van der Waals surface area contributed by atoms with Crippen molar-refractivity contribution in [3.8, 4) is 0 Å². The van der Waals surface area contributed by atoms with Crippen molar-refractivity contribution in [3.63, 3.8) is 0 Å². The van der Waals surface area contributed by atoms with Crippen LogP contribution in [0.4, 0.5) is 0 Å². The standard InChI is InChI=1S/C15H27NO3/c1-10(2)15(3,4)16-13(17)11-8-6-7-9-12(11)14(18)19-5/h10-12H,6-9H2,1-5H3,(H,16,17). The van der Waals surface area contributed by atoms with Crippen LogP contribution in [0.25, 0.3) is 0 Å². The van der Waals surface area contributed by atoms with Crippen LogP contribution in [-0.4, -0.2) is 24.5 Å². The van der Waals surface area contributed by atoms with Gasteiger partial charge in [0.2, 0.25) is 5.91 Å². The molecule has 1 saturated carbocycles. The third kappa shape index (κ3) is 3.95. The minimum absolute atomic E-state index is 0.00574. The number of carbonyl (C=O) groups is 2. The number of ether oxygens (including phenoxy) is 1. The first-order valence-electron chi connectivity index (χ1n) is 7.19. The molecule has 1 fully saturated rings. The van der Waals surface area contributed by atoms with Crippen LogP contribution < -0.4 is 5.32 Å². The Bertz CT molecular complexity index is 336. The topological polar surface area (TPSA) is 55.4 Å². The molecule has 2 atom stereocenters. The van der Waals surface area contributed by atoms with Crippen molar-refractivity contribution >= 4 is 11.9 Å². The molecule has 110 valence electrons. The van der Waals surface area contributed by atoms with Crippen molar-refractivity contribution in [1.29, 1.82) is 0 Å². The molecule has 0 aromatic heterocycles. The van der Waals surface area contributed by atoms with E-state index in [0.29, 0.717) is 5.92 Å². The zero-order chi connectivity index (χ0) is 14.6. The third-order valence-electron chi connectivity index (χ3n) is 4.50. The summed E-state index contributed by atoms with van der Waals surface area (Å²) in [7, 11) is 1.39. The van der Waals surface area contributed by atoms with Gasteiger partial charge in [0.15, 0.2) is 0 Å². The molecule has 1 aliphatic carbocycles. The molecule has 1 N–H and O–H groups in total. The number of rotatable bonds is 4. The number of carbonyl (C=O) groups excluding carboxylic acids is 2. The van der Waals surface area contributed by atoms with Gasteiger partial charge in [0, 0.05) is 5.54 Å². The molecule has 0 radical (unpaired) electrons. The second-order valence-electron chi connectivity index (χ2n) is 6.39. The summed E-state index contributed by atoms with van der Waals surface area (Å²) in [6.07, 6.45) is 3.54. The van der Waals surface area contributed by atoms with Gasteiger partial charge in [-0.1, -0.05) is 26.7 Å². The van der Waals surface area contributed by atoms with Crippen LogP contribution >= 0.6 is 0 Å². The normalized spacial score (nSPS) is 24.1. The van der Waals surface area contributed by atoms with Gasteiger partial charge < -0.3 is 10.1 Å². The lowest BCUT2D eigenvalue weighted by Crippen LogP contribution is -2.51. The van der Waals surface area contributed by atoms with Crippen LogP contribution in [0.3, 0.4) is 0 Å². The van der Waals surface area contributed by atoms with Crippen LogP contribution in [0.1, 0.15) is 53.4 Å². The lowest BCUT2D eigenvalue weighted by Gasteiger charge is -2.35. The lowest BCUT2D eigenvalue weighted by molar-refractivity contribution is -0.152. The van der Waals surface area contributed by atoms with Crippen LogP contribution in [-0.2, 0) is 14.3 Å². The van der Waals surface area contributed by atoms with Gasteiger partial charge in [-0.25, -0.2) is 0 Å². The van der Waals surface area contributed by atoms with Crippen molar-refractivity contribution in [2.75, 3.05) is 7.11 Å². The Morgan fingerprint density at radius 3 is 2.16 bits per heavy atom. The number of methoxy groups -OCH3 is 1. The molecule has 2 unspecified atom stereocenters. The van der Waals surface area contributed by atoms with Crippen molar-refractivity contribution in [2.24, 2.45) is 17.8 Å². The van der Waals surface area contributed by atoms with Gasteiger partial charge in [0.05, 0.1) is 18.9 Å². The highest BCUT2D eigenvalue weighted by Gasteiger charge is 2.38. The van der Waals surface area contributed by atoms with E-state index in [1.807, 2.05) is 13.8 Å². The first kappa shape index (κ1) is 16.0. The first-order valence-corrected chi connectivity index (χ1v) is 7.19. The van der Waals surface area contributed by atoms with E-state index in [1.54, 1.807) is 0 Å². The summed E-state index contributed by atoms with van der Waals surface area (Å²) in [6, 6.07) is 0. The summed E-state index contributed by atoms with van der Waals surface area (Å²) in [5.74, 6) is -0.423. The second kappa shape index (κ2) is 6.40. The highest BCUT2D eigenvalue weighted by atomic mass is 16.5. The maximum atomic E-state index is 12.4. The van der Waals surface area contributed by atoms with Crippen molar-refractivity contribution < 1.29 is 14.3 Å². The van der Waals surface area contributed by atoms with Gasteiger partial charge >= 0.3 is 5.97 Å². The Morgan fingerprint density at radius 2 is 1.68 bits per heavy atom. The highest BCUT2D eigenvalue weighted by Crippen LogP contribution is 2.32. The quantitative estimate of drug-likeness (QED) is 0.798. The molecule has 0 spiro atoms. The zero-order valence-electron chi connectivity index (χ0n) is 12.8. The lowest BCUT2D eigenvalue weighted by atomic mass is 9.78. The molecule has 4 nitrogen and oxygen atoms in total. The SMILES string of the molecule is COC(=O)C1CCCCC1C(=O)NC(C)(C)C(C)C. The van der Waals surface area contributed by atoms with E-state index in [1.165, 1.54) is 7.11 Å². The van der Waals surface area contributed by atoms with Gasteiger partial charge in [0.1, 0.15) is 0 Å². The summed E-state index contributed by atoms with van der Waals surface area (Å²) in [6.45, 7) is 8.20. The summed E-state index contributed by atoms with van der Waals surface area (Å²) in [5.41, 5.74) is -0.255. The molecular weight excluding hydrogens is 242 g/mol. The van der Waals surface area contributed by atoms with E-state index in [2.05, 4.69) is 19.2 Å². The number of amides is 1. The van der Waals surface area contributed by atoms with E-state index < -0.39 is 0 Å². The van der Waals surface area contributed by atoms with E-state index in [0.717, 1.165) is 25.7 Å². The molecule has 0 aromatic rings. The molecule has 0 aromatic carbocycles. The van der Waals surface area contributed by atoms with Crippen molar-refractivity contribution in [1.82, 2.24) is 5.32 Å². The van der Waals surface area contributed by atoms with Gasteiger partial charge in [-0.05, 0) is 32.6 Å². The Hall–Kier alpha value is -1.06. The molecule has 1 amide bonds. The molecule has 4 heteroatoms. The fourth-order valence-electron chi connectivity index (χ4n) is 2.43. The zero-order valence-corrected chi connectivity index (χ0v) is 12.8. The predicted molar refractivity (Wildman–Crippen MR) is 74.5 cm³/mol. The maximum Gasteiger partial charge on any atom is 0.309 e. The summed E-state index contributed by atoms with van der Waals surface area (Å²) in [5, 5.41) is 3.09. The monoisotopic (exact) mass is 269 g/mol. The number of nitrogens with one attached hydrogen (secondary N) is 1. The fraction of sp³-hybridized carbons (Fsp3) is 0.867. The number of esters is 1. The molecular formula is C15H27NO3. The van der Waals surface area contributed by atoms with Crippen LogP contribution in [0.2, 0.25) is 0 Å². The molecule has 19 heavy (non-hydrogen) atoms. The summed E-state index contributed by atoms with van der Waals surface area (Å²) < 4.78 is 4.83. The molecule has 0 bridgehead atoms. The Balaban J connectivity index is 2.75. The smallest absolute Gasteiger partial charge is 0.309 e. The average Bonchev–Trinajstić information content (AvgIpc) is 2.37. The Kier molecular flexibility index (Phi) is 5.39. The number of hydrogen-bond acceptors (Lipinski definition) is 3. The first-order chi connectivity index (χ1) is 8.79. The van der Waals surface area contributed by atoms with Crippen LogP contribution in [0.5, 0.6) is 0 Å². The van der Waals surface area contributed by atoms with Crippen LogP contribution in [0.15, 0.2) is 0 Å². The highest BCUT2D eigenvalue weighted by molar-refractivity contribution is 5.86. The van der Waals surface area contributed by atoms with Crippen molar-refractivity contribution in [2.45, 2.75) is 58.9 Å². The van der Waals surface area contributed by atoms with E-state index in [-0.39, 0.29) is 29.3 Å². The minimum atomic E-state index is -0.276. The Morgan fingerprint density at radius 1 is 1.16 bits per heavy atom. The predicted octanol–water partition coefficient (Wildman–Crippen LogP) is 2.52. The molecule has 0 aliphatic heterocycles. The number of hydrogen-bond donors (Lipinski definition) is 1. The third-order valence-corrected chi connectivity index (χ3v) is 4.50. The second-order valence-corrected chi connectivity index (χ2v) is 6.39. The molecule has 1 aliphatic rings. The summed E-state index contributed by atoms with van der Waals surface area (Å²) in [4.78, 5) is 24.2. The van der Waals surface area contributed by atoms with Gasteiger partial charge in [-0.3, -0.25) is 9.59 Å². The van der Waals surface area contributed by atoms with Gasteiger partial charge in [-0.2, -0.15) is 0 Å². The van der Waals surface area contributed by atoms with Crippen molar-refractivity contribution in [3.05, 3.63) is 0 Å². The molecule has 0 saturated heterocycles.